The van der Waals surface area contributed by atoms with E-state index in [0.717, 1.165) is 12.8 Å². The molecule has 1 saturated heterocycles. The van der Waals surface area contributed by atoms with Gasteiger partial charge in [0, 0.05) is 32.1 Å². The molecule has 18 heavy (non-hydrogen) atoms. The van der Waals surface area contributed by atoms with Gasteiger partial charge in [-0.15, -0.1) is 0 Å². The third kappa shape index (κ3) is 3.11. The molecule has 2 heterocycles. The first kappa shape index (κ1) is 13.1. The molecule has 0 aliphatic carbocycles. The average Bonchev–Trinajstić information content (AvgIpc) is 2.41. The number of rotatable bonds is 3. The van der Waals surface area contributed by atoms with Gasteiger partial charge in [-0.2, -0.15) is 0 Å². The summed E-state index contributed by atoms with van der Waals surface area (Å²) >= 11 is 5.93. The van der Waals surface area contributed by atoms with E-state index in [1.807, 2.05) is 0 Å². The highest BCUT2D eigenvalue weighted by molar-refractivity contribution is 6.30. The molecule has 1 amide bonds. The summed E-state index contributed by atoms with van der Waals surface area (Å²) in [5, 5.41) is 0.373. The van der Waals surface area contributed by atoms with Crippen LogP contribution in [0.5, 0.6) is 5.75 Å². The zero-order valence-corrected chi connectivity index (χ0v) is 10.8. The molecular weight excluding hydrogens is 254 g/mol. The zero-order chi connectivity index (χ0) is 13.0. The van der Waals surface area contributed by atoms with Crippen LogP contribution in [0.25, 0.3) is 0 Å². The fourth-order valence-corrected chi connectivity index (χ4v) is 2.15. The van der Waals surface area contributed by atoms with Crippen molar-refractivity contribution >= 4 is 17.5 Å². The number of hydrogen-bond acceptors (Lipinski definition) is 4. The van der Waals surface area contributed by atoms with E-state index in [-0.39, 0.29) is 18.6 Å². The minimum absolute atomic E-state index is 0.00661. The van der Waals surface area contributed by atoms with E-state index in [1.54, 1.807) is 23.2 Å². The first-order valence-electron chi connectivity index (χ1n) is 5.95. The summed E-state index contributed by atoms with van der Waals surface area (Å²) in [6.07, 6.45) is 3.28. The number of carbonyl (C=O) groups is 1. The maximum atomic E-state index is 11.4. The van der Waals surface area contributed by atoms with E-state index < -0.39 is 0 Å². The van der Waals surface area contributed by atoms with Crippen LogP contribution in [0.1, 0.15) is 12.8 Å². The lowest BCUT2D eigenvalue weighted by Gasteiger charge is -2.32. The molecule has 0 unspecified atom stereocenters. The molecule has 1 aliphatic heterocycles. The maximum absolute atomic E-state index is 11.4. The van der Waals surface area contributed by atoms with Crippen molar-refractivity contribution in [1.29, 1.82) is 0 Å². The highest BCUT2D eigenvalue weighted by atomic mass is 35.5. The summed E-state index contributed by atoms with van der Waals surface area (Å²) in [5.41, 5.74) is 5.33. The molecule has 2 rings (SSSR count). The molecule has 0 radical (unpaired) electrons. The summed E-state index contributed by atoms with van der Waals surface area (Å²) < 4.78 is 5.78. The molecule has 0 saturated carbocycles. The number of likely N-dealkylation sites (tertiary alicyclic amines) is 1. The summed E-state index contributed by atoms with van der Waals surface area (Å²) in [6.45, 7) is 1.43. The number of nitrogens with zero attached hydrogens (tertiary/aromatic N) is 2. The van der Waals surface area contributed by atoms with Crippen molar-refractivity contribution < 1.29 is 9.53 Å². The Labute approximate surface area is 111 Å². The van der Waals surface area contributed by atoms with Gasteiger partial charge >= 0.3 is 0 Å². The fourth-order valence-electron chi connectivity index (χ4n) is 1.99. The molecule has 2 N–H and O–H groups in total. The molecule has 6 heteroatoms. The average molecular weight is 270 g/mol. The zero-order valence-electron chi connectivity index (χ0n) is 10.0. The normalized spacial score (nSPS) is 16.7. The molecule has 1 fully saturated rings. The second-order valence-corrected chi connectivity index (χ2v) is 4.55. The summed E-state index contributed by atoms with van der Waals surface area (Å²) in [5.74, 6) is 0.593. The number of ether oxygens (including phenoxy) is 1. The smallest absolute Gasteiger partial charge is 0.236 e. The van der Waals surface area contributed by atoms with Gasteiger partial charge in [-0.3, -0.25) is 4.79 Å². The predicted molar refractivity (Wildman–Crippen MR) is 68.5 cm³/mol. The van der Waals surface area contributed by atoms with Crippen molar-refractivity contribution in [1.82, 2.24) is 9.88 Å². The number of pyridine rings is 1. The maximum Gasteiger partial charge on any atom is 0.236 e. The molecule has 1 aromatic rings. The van der Waals surface area contributed by atoms with Gasteiger partial charge in [0.2, 0.25) is 5.91 Å². The van der Waals surface area contributed by atoms with E-state index in [0.29, 0.717) is 24.0 Å². The quantitative estimate of drug-likeness (QED) is 0.834. The van der Waals surface area contributed by atoms with E-state index in [9.17, 15) is 4.79 Å². The number of carbonyl (C=O) groups excluding carboxylic acids is 1. The van der Waals surface area contributed by atoms with Crippen LogP contribution in [-0.2, 0) is 4.79 Å². The highest BCUT2D eigenvalue weighted by Crippen LogP contribution is 2.24. The molecule has 0 bridgehead atoms. The van der Waals surface area contributed by atoms with E-state index in [1.165, 1.54) is 0 Å². The van der Waals surface area contributed by atoms with Crippen LogP contribution >= 0.6 is 11.6 Å². The van der Waals surface area contributed by atoms with Gasteiger partial charge in [0.1, 0.15) is 6.10 Å². The van der Waals surface area contributed by atoms with Crippen LogP contribution in [0.2, 0.25) is 5.15 Å². The van der Waals surface area contributed by atoms with Gasteiger partial charge in [0.25, 0.3) is 0 Å². The number of hydrogen-bond donors (Lipinski definition) is 1. The van der Waals surface area contributed by atoms with Crippen molar-refractivity contribution in [3.8, 4) is 5.75 Å². The summed E-state index contributed by atoms with van der Waals surface area (Å²) in [6, 6.07) is 3.58. The van der Waals surface area contributed by atoms with E-state index in [4.69, 9.17) is 22.1 Å². The first-order valence-corrected chi connectivity index (χ1v) is 6.33. The molecule has 0 spiro atoms. The van der Waals surface area contributed by atoms with Crippen molar-refractivity contribution in [3.05, 3.63) is 23.5 Å². The van der Waals surface area contributed by atoms with E-state index >= 15 is 0 Å². The molecule has 98 valence electrons. The van der Waals surface area contributed by atoms with Gasteiger partial charge < -0.3 is 15.4 Å². The third-order valence-electron chi connectivity index (χ3n) is 2.99. The fraction of sp³-hybridized carbons (Fsp3) is 0.500. The highest BCUT2D eigenvalue weighted by Gasteiger charge is 2.23. The van der Waals surface area contributed by atoms with Crippen LogP contribution in [0.4, 0.5) is 0 Å². The van der Waals surface area contributed by atoms with Gasteiger partial charge in [0.15, 0.2) is 10.9 Å². The number of nitrogens with two attached hydrogens (primary N) is 1. The number of piperidine rings is 1. The number of halogens is 1. The Kier molecular flexibility index (Phi) is 4.38. The monoisotopic (exact) mass is 269 g/mol. The Balaban J connectivity index is 1.87. The van der Waals surface area contributed by atoms with E-state index in [2.05, 4.69) is 4.98 Å². The van der Waals surface area contributed by atoms with Crippen LogP contribution < -0.4 is 10.5 Å². The minimum atomic E-state index is -0.00661. The minimum Gasteiger partial charge on any atom is -0.487 e. The molecule has 5 nitrogen and oxygen atoms in total. The third-order valence-corrected chi connectivity index (χ3v) is 3.27. The van der Waals surface area contributed by atoms with Gasteiger partial charge in [-0.1, -0.05) is 11.6 Å². The van der Waals surface area contributed by atoms with Crippen molar-refractivity contribution in [2.24, 2.45) is 5.73 Å². The Bertz CT molecular complexity index is 420. The lowest BCUT2D eigenvalue weighted by atomic mass is 10.1. The molecular formula is C12H16ClN3O2. The van der Waals surface area contributed by atoms with Crippen LogP contribution in [-0.4, -0.2) is 41.5 Å². The lowest BCUT2D eigenvalue weighted by molar-refractivity contribution is -0.131. The second kappa shape index (κ2) is 6.02. The number of aromatic nitrogens is 1. The largest absolute Gasteiger partial charge is 0.487 e. The van der Waals surface area contributed by atoms with Crippen LogP contribution in [0.15, 0.2) is 18.3 Å². The van der Waals surface area contributed by atoms with Crippen LogP contribution in [0.3, 0.4) is 0 Å². The SMILES string of the molecule is NCC(=O)N1CCC(Oc2cccnc2Cl)CC1. The Morgan fingerprint density at radius 3 is 2.89 bits per heavy atom. The van der Waals surface area contributed by atoms with Crippen LogP contribution in [0, 0.1) is 0 Å². The Morgan fingerprint density at radius 2 is 2.28 bits per heavy atom. The van der Waals surface area contributed by atoms with Crippen molar-refractivity contribution in [3.63, 3.8) is 0 Å². The Hall–Kier alpha value is -1.33. The standard InChI is InChI=1S/C12H16ClN3O2/c13-12-10(2-1-5-15-12)18-9-3-6-16(7-4-9)11(17)8-14/h1-2,5,9H,3-4,6-8,14H2. The Morgan fingerprint density at radius 1 is 1.56 bits per heavy atom. The number of amides is 1. The summed E-state index contributed by atoms with van der Waals surface area (Å²) in [7, 11) is 0. The topological polar surface area (TPSA) is 68.5 Å². The second-order valence-electron chi connectivity index (χ2n) is 4.19. The van der Waals surface area contributed by atoms with Gasteiger partial charge in [-0.25, -0.2) is 4.98 Å². The molecule has 0 aromatic carbocycles. The molecule has 0 atom stereocenters. The van der Waals surface area contributed by atoms with Crippen molar-refractivity contribution in [2.45, 2.75) is 18.9 Å². The summed E-state index contributed by atoms with van der Waals surface area (Å²) in [4.78, 5) is 17.1. The molecule has 1 aromatic heterocycles. The molecule has 1 aliphatic rings. The lowest BCUT2D eigenvalue weighted by Crippen LogP contribution is -2.44. The predicted octanol–water partition coefficient (Wildman–Crippen LogP) is 1.06. The van der Waals surface area contributed by atoms with Gasteiger partial charge in [0.05, 0.1) is 6.54 Å². The van der Waals surface area contributed by atoms with Crippen molar-refractivity contribution in [2.75, 3.05) is 19.6 Å². The van der Waals surface area contributed by atoms with Gasteiger partial charge in [-0.05, 0) is 12.1 Å². The first-order chi connectivity index (χ1) is 8.70.